The first-order chi connectivity index (χ1) is 11.7. The number of H-pyrrole nitrogens is 1. The first-order valence-electron chi connectivity index (χ1n) is 7.33. The minimum atomic E-state index is -0.296. The van der Waals surface area contributed by atoms with Crippen LogP contribution in [0.3, 0.4) is 0 Å². The molecule has 0 saturated heterocycles. The lowest BCUT2D eigenvalue weighted by Gasteiger charge is -2.12. The number of aromatic nitrogens is 3. The number of nitrogens with one attached hydrogen (secondary N) is 1. The Morgan fingerprint density at radius 1 is 1.25 bits per heavy atom. The van der Waals surface area contributed by atoms with E-state index < -0.39 is 0 Å². The van der Waals surface area contributed by atoms with E-state index in [4.69, 9.17) is 16.3 Å². The first kappa shape index (κ1) is 14.7. The highest BCUT2D eigenvalue weighted by atomic mass is 35.5. The predicted molar refractivity (Wildman–Crippen MR) is 91.5 cm³/mol. The van der Waals surface area contributed by atoms with Crippen molar-refractivity contribution in [2.24, 2.45) is 4.99 Å². The van der Waals surface area contributed by atoms with Gasteiger partial charge in [-0.05, 0) is 30.3 Å². The second-order valence-electron chi connectivity index (χ2n) is 5.34. The van der Waals surface area contributed by atoms with Crippen molar-refractivity contribution in [3.05, 3.63) is 74.9 Å². The molecule has 0 unspecified atom stereocenters. The lowest BCUT2D eigenvalue weighted by Crippen LogP contribution is -2.18. The van der Waals surface area contributed by atoms with E-state index >= 15 is 0 Å². The Morgan fingerprint density at radius 2 is 2.12 bits per heavy atom. The van der Waals surface area contributed by atoms with Crippen LogP contribution in [-0.2, 0) is 6.54 Å². The smallest absolute Gasteiger partial charge is 0.348 e. The van der Waals surface area contributed by atoms with Crippen LogP contribution in [0.4, 0.5) is 0 Å². The van der Waals surface area contributed by atoms with E-state index in [2.05, 4.69) is 15.2 Å². The van der Waals surface area contributed by atoms with Crippen molar-refractivity contribution in [2.45, 2.75) is 6.54 Å². The number of hydrogen-bond donors (Lipinski definition) is 1. The fourth-order valence-electron chi connectivity index (χ4n) is 2.83. The number of fused-ring (bicyclic) bond motifs is 3. The van der Waals surface area contributed by atoms with Gasteiger partial charge < -0.3 is 4.74 Å². The Balaban J connectivity index is 1.99. The van der Waals surface area contributed by atoms with E-state index in [-0.39, 0.29) is 12.2 Å². The standard InChI is InChI=1S/C17H13ClN4O2/c1-24-12-4-2-3-10(7-12)16-13-8-11(18)5-6-14(13)22-15(9-19-16)20-21-17(22)23/h2-8H,9H2,1H3,(H,21,23). The lowest BCUT2D eigenvalue weighted by molar-refractivity contribution is 0.414. The van der Waals surface area contributed by atoms with E-state index in [1.807, 2.05) is 30.3 Å². The van der Waals surface area contributed by atoms with Gasteiger partial charge in [-0.25, -0.2) is 14.5 Å². The van der Waals surface area contributed by atoms with Crippen LogP contribution >= 0.6 is 11.6 Å². The molecule has 1 aromatic heterocycles. The Morgan fingerprint density at radius 3 is 2.96 bits per heavy atom. The lowest BCUT2D eigenvalue weighted by atomic mass is 10.0. The number of benzene rings is 2. The fraction of sp³-hybridized carbons (Fsp3) is 0.118. The fourth-order valence-corrected chi connectivity index (χ4v) is 3.00. The van der Waals surface area contributed by atoms with Crippen molar-refractivity contribution >= 4 is 17.3 Å². The summed E-state index contributed by atoms with van der Waals surface area (Å²) in [6.45, 7) is 0.289. The molecule has 0 spiro atoms. The van der Waals surface area contributed by atoms with Crippen molar-refractivity contribution in [1.82, 2.24) is 14.8 Å². The van der Waals surface area contributed by atoms with Gasteiger partial charge in [0.15, 0.2) is 5.82 Å². The van der Waals surface area contributed by atoms with E-state index in [1.54, 1.807) is 19.2 Å². The summed E-state index contributed by atoms with van der Waals surface area (Å²) >= 11 is 6.19. The maximum atomic E-state index is 12.1. The minimum Gasteiger partial charge on any atom is -0.497 e. The number of halogens is 1. The molecular weight excluding hydrogens is 328 g/mol. The number of hydrogen-bond acceptors (Lipinski definition) is 4. The molecule has 2 heterocycles. The maximum absolute atomic E-state index is 12.1. The number of nitrogens with zero attached hydrogens (tertiary/aromatic N) is 3. The first-order valence-corrected chi connectivity index (χ1v) is 7.70. The Hall–Kier alpha value is -2.86. The number of methoxy groups -OCH3 is 1. The molecule has 0 amide bonds. The Bertz CT molecular complexity index is 1020. The summed E-state index contributed by atoms with van der Waals surface area (Å²) in [4.78, 5) is 16.8. The summed E-state index contributed by atoms with van der Waals surface area (Å²) in [5.74, 6) is 1.29. The molecule has 0 bridgehead atoms. The molecule has 3 aromatic rings. The molecule has 24 heavy (non-hydrogen) atoms. The monoisotopic (exact) mass is 340 g/mol. The van der Waals surface area contributed by atoms with Gasteiger partial charge >= 0.3 is 5.69 Å². The molecule has 1 aliphatic heterocycles. The van der Waals surface area contributed by atoms with Gasteiger partial charge in [-0.15, -0.1) is 0 Å². The van der Waals surface area contributed by atoms with Crippen LogP contribution in [0, 0.1) is 0 Å². The maximum Gasteiger partial charge on any atom is 0.348 e. The van der Waals surface area contributed by atoms with Crippen LogP contribution < -0.4 is 10.4 Å². The molecule has 0 atom stereocenters. The zero-order valence-corrected chi connectivity index (χ0v) is 13.5. The van der Waals surface area contributed by atoms with E-state index in [9.17, 15) is 4.79 Å². The largest absolute Gasteiger partial charge is 0.497 e. The van der Waals surface area contributed by atoms with Crippen LogP contribution in [0.5, 0.6) is 5.75 Å². The van der Waals surface area contributed by atoms with Gasteiger partial charge in [0, 0.05) is 16.1 Å². The van der Waals surface area contributed by atoms with Crippen molar-refractivity contribution in [3.8, 4) is 11.4 Å². The van der Waals surface area contributed by atoms with Crippen molar-refractivity contribution in [3.63, 3.8) is 0 Å². The highest BCUT2D eigenvalue weighted by Crippen LogP contribution is 2.27. The third-order valence-electron chi connectivity index (χ3n) is 3.92. The van der Waals surface area contributed by atoms with E-state index in [0.29, 0.717) is 16.5 Å². The quantitative estimate of drug-likeness (QED) is 0.779. The van der Waals surface area contributed by atoms with E-state index in [0.717, 1.165) is 22.6 Å². The molecule has 1 aliphatic rings. The van der Waals surface area contributed by atoms with Gasteiger partial charge in [0.2, 0.25) is 0 Å². The van der Waals surface area contributed by atoms with E-state index in [1.165, 1.54) is 4.57 Å². The average Bonchev–Trinajstić information content (AvgIpc) is 2.88. The van der Waals surface area contributed by atoms with Gasteiger partial charge in [0.1, 0.15) is 12.3 Å². The molecule has 0 radical (unpaired) electrons. The van der Waals surface area contributed by atoms with Crippen molar-refractivity contribution in [2.75, 3.05) is 7.11 Å². The normalized spacial score (nSPS) is 12.8. The van der Waals surface area contributed by atoms with Crippen molar-refractivity contribution in [1.29, 1.82) is 0 Å². The average molecular weight is 341 g/mol. The van der Waals surface area contributed by atoms with Crippen molar-refractivity contribution < 1.29 is 4.74 Å². The number of ether oxygens (including phenoxy) is 1. The topological polar surface area (TPSA) is 72.3 Å². The molecule has 0 fully saturated rings. The molecule has 7 heteroatoms. The molecule has 120 valence electrons. The van der Waals surface area contributed by atoms with Gasteiger partial charge in [-0.1, -0.05) is 23.7 Å². The second kappa shape index (κ2) is 5.65. The highest BCUT2D eigenvalue weighted by Gasteiger charge is 2.22. The minimum absolute atomic E-state index is 0.289. The summed E-state index contributed by atoms with van der Waals surface area (Å²) in [6, 6.07) is 13.0. The summed E-state index contributed by atoms with van der Waals surface area (Å²) in [5, 5.41) is 7.10. The zero-order valence-electron chi connectivity index (χ0n) is 12.8. The SMILES string of the molecule is COc1cccc(C2=NCc3n[nH]c(=O)n3-c3ccc(Cl)cc32)c1. The van der Waals surface area contributed by atoms with Gasteiger partial charge in [0.25, 0.3) is 0 Å². The molecule has 0 saturated carbocycles. The molecule has 2 aromatic carbocycles. The zero-order chi connectivity index (χ0) is 16.7. The van der Waals surface area contributed by atoms with Crippen LogP contribution in [0.15, 0.2) is 52.3 Å². The summed E-state index contributed by atoms with van der Waals surface area (Å²) in [5.41, 5.74) is 2.82. The Labute approximate surface area is 142 Å². The molecular formula is C17H13ClN4O2. The van der Waals surface area contributed by atoms with Gasteiger partial charge in [0.05, 0.1) is 18.5 Å². The second-order valence-corrected chi connectivity index (χ2v) is 5.78. The predicted octanol–water partition coefficient (Wildman–Crippen LogP) is 2.57. The Kier molecular flexibility index (Phi) is 3.46. The third kappa shape index (κ3) is 2.32. The number of rotatable bonds is 2. The highest BCUT2D eigenvalue weighted by molar-refractivity contribution is 6.31. The van der Waals surface area contributed by atoms with Crippen LogP contribution in [-0.4, -0.2) is 27.6 Å². The molecule has 1 N–H and O–H groups in total. The van der Waals surface area contributed by atoms with Gasteiger partial charge in [-0.2, -0.15) is 5.10 Å². The summed E-state index contributed by atoms with van der Waals surface area (Å²) < 4.78 is 6.83. The third-order valence-corrected chi connectivity index (χ3v) is 4.15. The van der Waals surface area contributed by atoms with Gasteiger partial charge in [-0.3, -0.25) is 4.99 Å². The molecule has 4 rings (SSSR count). The van der Waals surface area contributed by atoms with Crippen LogP contribution in [0.1, 0.15) is 17.0 Å². The molecule has 6 nitrogen and oxygen atoms in total. The van der Waals surface area contributed by atoms with Crippen LogP contribution in [0.2, 0.25) is 5.02 Å². The summed E-state index contributed by atoms with van der Waals surface area (Å²) in [7, 11) is 1.62. The molecule has 0 aliphatic carbocycles. The number of aromatic amines is 1. The van der Waals surface area contributed by atoms with Crippen LogP contribution in [0.25, 0.3) is 5.69 Å². The summed E-state index contributed by atoms with van der Waals surface area (Å²) in [6.07, 6.45) is 0. The number of aliphatic imine (C=N–C) groups is 1.